The minimum Gasteiger partial charge on any atom is -0.466 e. The summed E-state index contributed by atoms with van der Waals surface area (Å²) in [6, 6.07) is 0. The molecule has 0 amide bonds. The van der Waals surface area contributed by atoms with Gasteiger partial charge in [-0.1, -0.05) is 6.58 Å². The van der Waals surface area contributed by atoms with Crippen molar-refractivity contribution in [2.75, 3.05) is 41.3 Å². The highest BCUT2D eigenvalue weighted by Crippen LogP contribution is 1.71. The highest BCUT2D eigenvalue weighted by Gasteiger charge is 1.93. The fourth-order valence-electron chi connectivity index (χ4n) is 0.259. The quantitative estimate of drug-likeness (QED) is 0.325. The summed E-state index contributed by atoms with van der Waals surface area (Å²) in [6.07, 6.45) is 0.157. The molecule has 0 rings (SSSR count). The number of carbonyl (C=O) groups is 1. The van der Waals surface area contributed by atoms with Crippen molar-refractivity contribution >= 4 is 5.97 Å². The average Bonchev–Trinajstić information content (AvgIpc) is 2.39. The number of aliphatic hydroxyl groups excluding tert-OH is 3. The van der Waals surface area contributed by atoms with E-state index in [1.807, 2.05) is 0 Å². The molecule has 0 unspecified atom stereocenters. The van der Waals surface area contributed by atoms with Gasteiger partial charge in [0.25, 0.3) is 0 Å². The molecule has 0 saturated heterocycles. The molecule has 7 nitrogen and oxygen atoms in total. The predicted octanol–water partition coefficient (Wildman–Crippen LogP) is -1.09. The van der Waals surface area contributed by atoms with Crippen molar-refractivity contribution < 1.29 is 34.3 Å². The van der Waals surface area contributed by atoms with Gasteiger partial charge in [0, 0.05) is 20.3 Å². The molecule has 0 aliphatic carbocycles. The highest BCUT2D eigenvalue weighted by atomic mass is 16.6. The Labute approximate surface area is 101 Å². The monoisotopic (exact) mass is 254 g/mol. The molecule has 104 valence electrons. The molecule has 7 heteroatoms. The van der Waals surface area contributed by atoms with Crippen LogP contribution in [0.5, 0.6) is 0 Å². The molecule has 0 fully saturated rings. The molecule has 0 aromatic heterocycles. The third kappa shape index (κ3) is 31.3. The van der Waals surface area contributed by atoms with Crippen molar-refractivity contribution in [1.82, 2.24) is 0 Å². The lowest BCUT2D eigenvalue weighted by atomic mass is 10.4. The van der Waals surface area contributed by atoms with Crippen molar-refractivity contribution in [3.05, 3.63) is 12.7 Å². The first-order valence-corrected chi connectivity index (χ1v) is 4.61. The summed E-state index contributed by atoms with van der Waals surface area (Å²) in [4.78, 5) is 9.84. The normalized spacial score (nSPS) is 8.41. The Balaban J connectivity index is -0.000000174. The lowest BCUT2D eigenvalue weighted by Gasteiger charge is -1.96. The third-order valence-corrected chi connectivity index (χ3v) is 1.03. The molecule has 0 spiro atoms. The summed E-state index contributed by atoms with van der Waals surface area (Å²) in [7, 11) is 4.48. The Morgan fingerprint density at radius 3 is 1.65 bits per heavy atom. The van der Waals surface area contributed by atoms with E-state index < -0.39 is 12.1 Å². The summed E-state index contributed by atoms with van der Waals surface area (Å²) >= 11 is 0. The summed E-state index contributed by atoms with van der Waals surface area (Å²) in [6.45, 7) is 2.82. The molecule has 0 radical (unpaired) electrons. The van der Waals surface area contributed by atoms with Crippen LogP contribution in [-0.4, -0.2) is 68.7 Å². The third-order valence-electron chi connectivity index (χ3n) is 1.03. The van der Waals surface area contributed by atoms with Crippen LogP contribution in [0.25, 0.3) is 0 Å². The van der Waals surface area contributed by atoms with Gasteiger partial charge in [0.15, 0.2) is 0 Å². The topological polar surface area (TPSA) is 105 Å². The Bertz CT molecular complexity index is 155. The Morgan fingerprint density at radius 1 is 1.24 bits per heavy atom. The van der Waals surface area contributed by atoms with Crippen molar-refractivity contribution in [3.63, 3.8) is 0 Å². The predicted molar refractivity (Wildman–Crippen MR) is 61.3 cm³/mol. The van der Waals surface area contributed by atoms with E-state index in [2.05, 4.69) is 20.8 Å². The van der Waals surface area contributed by atoms with E-state index in [9.17, 15) is 4.79 Å². The smallest absolute Gasteiger partial charge is 0.329 e. The first-order chi connectivity index (χ1) is 8.03. The number of rotatable bonds is 5. The van der Waals surface area contributed by atoms with Crippen molar-refractivity contribution in [2.45, 2.75) is 6.10 Å². The van der Waals surface area contributed by atoms with Gasteiger partial charge in [-0.05, 0) is 0 Å². The standard InChI is InChI=1S/C4H6O2.C3H8O3.C3H8O2/c1-3-4(5)6-2;4-1-3(6)2-5;1-4-3-5-2/h3H,1H2,2H3;3-6H,1-2H2;3H2,1-2H3. The maximum Gasteiger partial charge on any atom is 0.329 e. The molecule has 0 aliphatic heterocycles. The van der Waals surface area contributed by atoms with Gasteiger partial charge in [0.05, 0.1) is 20.3 Å². The van der Waals surface area contributed by atoms with E-state index in [0.717, 1.165) is 6.08 Å². The summed E-state index contributed by atoms with van der Waals surface area (Å²) in [5.41, 5.74) is 0. The molecule has 0 aromatic carbocycles. The van der Waals surface area contributed by atoms with E-state index >= 15 is 0 Å². The number of methoxy groups -OCH3 is 3. The first kappa shape index (κ1) is 21.3. The molecule has 0 aromatic rings. The maximum atomic E-state index is 9.84. The minimum absolute atomic E-state index is 0.365. The Kier molecular flexibility index (Phi) is 25.6. The van der Waals surface area contributed by atoms with Crippen LogP contribution >= 0.6 is 0 Å². The molecule has 0 atom stereocenters. The Morgan fingerprint density at radius 2 is 1.65 bits per heavy atom. The second-order valence-corrected chi connectivity index (χ2v) is 2.44. The lowest BCUT2D eigenvalue weighted by molar-refractivity contribution is -0.134. The molecule has 0 aliphatic rings. The van der Waals surface area contributed by atoms with Crippen LogP contribution in [0.3, 0.4) is 0 Å². The molecule has 17 heavy (non-hydrogen) atoms. The van der Waals surface area contributed by atoms with Gasteiger partial charge >= 0.3 is 5.97 Å². The van der Waals surface area contributed by atoms with Crippen LogP contribution < -0.4 is 0 Å². The van der Waals surface area contributed by atoms with Crippen LogP contribution in [0.15, 0.2) is 12.7 Å². The molecule has 0 saturated carbocycles. The molecular formula is C10H22O7. The fourth-order valence-corrected chi connectivity index (χ4v) is 0.259. The van der Waals surface area contributed by atoms with Crippen LogP contribution in [0.2, 0.25) is 0 Å². The SMILES string of the molecule is C=CC(=O)OC.COCOC.OCC(O)CO. The fraction of sp³-hybridized carbons (Fsp3) is 0.700. The van der Waals surface area contributed by atoms with Gasteiger partial charge in [-0.25, -0.2) is 4.79 Å². The van der Waals surface area contributed by atoms with Gasteiger partial charge < -0.3 is 29.5 Å². The largest absolute Gasteiger partial charge is 0.466 e. The Hall–Kier alpha value is -0.990. The van der Waals surface area contributed by atoms with Gasteiger partial charge in [0.1, 0.15) is 12.9 Å². The molecular weight excluding hydrogens is 232 g/mol. The van der Waals surface area contributed by atoms with Gasteiger partial charge in [-0.15, -0.1) is 0 Å². The van der Waals surface area contributed by atoms with E-state index in [1.54, 1.807) is 14.2 Å². The average molecular weight is 254 g/mol. The van der Waals surface area contributed by atoms with Crippen molar-refractivity contribution in [3.8, 4) is 0 Å². The van der Waals surface area contributed by atoms with E-state index in [1.165, 1.54) is 7.11 Å². The number of ether oxygens (including phenoxy) is 3. The minimum atomic E-state index is -0.954. The number of aliphatic hydroxyl groups is 3. The molecule has 3 N–H and O–H groups in total. The van der Waals surface area contributed by atoms with Crippen LogP contribution in [0.4, 0.5) is 0 Å². The zero-order chi connectivity index (χ0) is 14.1. The maximum absolute atomic E-state index is 9.84. The second-order valence-electron chi connectivity index (χ2n) is 2.44. The highest BCUT2D eigenvalue weighted by molar-refractivity contribution is 5.80. The first-order valence-electron chi connectivity index (χ1n) is 4.61. The summed E-state index contributed by atoms with van der Waals surface area (Å²) in [5, 5.41) is 24.0. The zero-order valence-corrected chi connectivity index (χ0v) is 10.5. The van der Waals surface area contributed by atoms with Gasteiger partial charge in [-0.3, -0.25) is 0 Å². The van der Waals surface area contributed by atoms with Crippen molar-refractivity contribution in [2.24, 2.45) is 0 Å². The van der Waals surface area contributed by atoms with E-state index in [4.69, 9.17) is 15.3 Å². The van der Waals surface area contributed by atoms with Crippen LogP contribution in [0.1, 0.15) is 0 Å². The van der Waals surface area contributed by atoms with Crippen LogP contribution in [-0.2, 0) is 19.0 Å². The molecule has 0 bridgehead atoms. The number of hydrogen-bond acceptors (Lipinski definition) is 7. The number of carbonyl (C=O) groups excluding carboxylic acids is 1. The lowest BCUT2D eigenvalue weighted by Crippen LogP contribution is -2.15. The number of esters is 1. The van der Waals surface area contributed by atoms with Crippen LogP contribution in [0, 0.1) is 0 Å². The summed E-state index contributed by atoms with van der Waals surface area (Å²) < 4.78 is 13.1. The van der Waals surface area contributed by atoms with Crippen molar-refractivity contribution in [1.29, 1.82) is 0 Å². The van der Waals surface area contributed by atoms with E-state index in [-0.39, 0.29) is 13.2 Å². The number of hydrogen-bond donors (Lipinski definition) is 3. The van der Waals surface area contributed by atoms with E-state index in [0.29, 0.717) is 6.79 Å². The summed E-state index contributed by atoms with van der Waals surface area (Å²) in [5.74, 6) is -0.394. The van der Waals surface area contributed by atoms with Gasteiger partial charge in [-0.2, -0.15) is 0 Å². The second kappa shape index (κ2) is 20.4. The molecule has 0 heterocycles. The van der Waals surface area contributed by atoms with Gasteiger partial charge in [0.2, 0.25) is 0 Å². The zero-order valence-electron chi connectivity index (χ0n) is 10.5.